The number of hydrogen-bond donors (Lipinski definition) is 2. The van der Waals surface area contributed by atoms with E-state index in [2.05, 4.69) is 20.8 Å². The minimum atomic E-state index is -0.976. The van der Waals surface area contributed by atoms with Crippen molar-refractivity contribution < 1.29 is 29.0 Å². The van der Waals surface area contributed by atoms with Gasteiger partial charge in [0.1, 0.15) is 5.70 Å². The van der Waals surface area contributed by atoms with Crippen LogP contribution in [0.4, 0.5) is 0 Å². The molecule has 224 valence electrons. The van der Waals surface area contributed by atoms with E-state index >= 15 is 0 Å². The zero-order chi connectivity index (χ0) is 30.5. The van der Waals surface area contributed by atoms with E-state index in [0.717, 1.165) is 11.1 Å². The Bertz CT molecular complexity index is 1630. The van der Waals surface area contributed by atoms with E-state index in [1.807, 2.05) is 60.7 Å². The van der Waals surface area contributed by atoms with Crippen LogP contribution in [0.2, 0.25) is 0 Å². The predicted octanol–water partition coefficient (Wildman–Crippen LogP) is 2.34. The third kappa shape index (κ3) is 5.97. The molecule has 2 aliphatic rings. The molecule has 2 atom stereocenters. The molecule has 1 fully saturated rings. The largest absolute Gasteiger partial charge is 0.448 e. The zero-order valence-corrected chi connectivity index (χ0v) is 24.2. The van der Waals surface area contributed by atoms with Gasteiger partial charge in [0.25, 0.3) is 11.8 Å². The normalized spacial score (nSPS) is 17.7. The van der Waals surface area contributed by atoms with Gasteiger partial charge in [-0.25, -0.2) is 9.48 Å². The summed E-state index contributed by atoms with van der Waals surface area (Å²) >= 11 is 1.23. The molecular weight excluding hydrogens is 584 g/mol. The lowest BCUT2D eigenvalue weighted by molar-refractivity contribution is -0.184. The Balaban J connectivity index is 1.30. The Morgan fingerprint density at radius 3 is 2.27 bits per heavy atom. The molecule has 3 heterocycles. The maximum Gasteiger partial charge on any atom is 0.356 e. The number of β-lactam (4-membered cyclic amide) rings is 1. The number of carbonyl (C=O) groups is 3. The molecule has 1 saturated heterocycles. The van der Waals surface area contributed by atoms with Gasteiger partial charge < -0.3 is 19.9 Å². The maximum absolute atomic E-state index is 14.1. The minimum Gasteiger partial charge on any atom is -0.448 e. The van der Waals surface area contributed by atoms with E-state index in [9.17, 15) is 19.5 Å². The number of nitrogens with zero attached hydrogens (tertiary/aromatic N) is 5. The van der Waals surface area contributed by atoms with E-state index < -0.39 is 36.2 Å². The number of carbonyl (C=O) groups excluding carboxylic acids is 3. The van der Waals surface area contributed by atoms with Crippen LogP contribution in [0.25, 0.3) is 0 Å². The summed E-state index contributed by atoms with van der Waals surface area (Å²) in [5.41, 5.74) is 2.48. The highest BCUT2D eigenvalue weighted by molar-refractivity contribution is 7.99. The summed E-state index contributed by atoms with van der Waals surface area (Å²) in [6, 6.07) is 26.2. The predicted molar refractivity (Wildman–Crippen MR) is 158 cm³/mol. The van der Waals surface area contributed by atoms with Crippen LogP contribution in [0.3, 0.4) is 0 Å². The Hall–Kier alpha value is -4.85. The fourth-order valence-electron chi connectivity index (χ4n) is 5.03. The van der Waals surface area contributed by atoms with Gasteiger partial charge in [-0.15, -0.1) is 5.10 Å². The number of aliphatic hydroxyl groups is 1. The third-order valence-electron chi connectivity index (χ3n) is 7.18. The van der Waals surface area contributed by atoms with Crippen LogP contribution in [-0.2, 0) is 25.6 Å². The van der Waals surface area contributed by atoms with Gasteiger partial charge in [0.05, 0.1) is 19.8 Å². The number of fused-ring (bicyclic) bond motifs is 1. The molecule has 3 aromatic carbocycles. The van der Waals surface area contributed by atoms with Crippen LogP contribution in [0, 0.1) is 0 Å². The Labute approximate surface area is 256 Å². The van der Waals surface area contributed by atoms with Crippen molar-refractivity contribution in [2.24, 2.45) is 0 Å². The first-order valence-electron chi connectivity index (χ1n) is 13.9. The first kappa shape index (κ1) is 29.2. The quantitative estimate of drug-likeness (QED) is 0.147. The van der Waals surface area contributed by atoms with Crippen molar-refractivity contribution in [3.8, 4) is 0 Å². The highest BCUT2D eigenvalue weighted by Gasteiger charge is 2.55. The Kier molecular flexibility index (Phi) is 8.77. The van der Waals surface area contributed by atoms with Crippen molar-refractivity contribution >= 4 is 29.5 Å². The van der Waals surface area contributed by atoms with Gasteiger partial charge in [-0.2, -0.15) is 0 Å². The number of aliphatic hydroxyl groups excluding tert-OH is 1. The lowest BCUT2D eigenvalue weighted by Crippen LogP contribution is -2.73. The summed E-state index contributed by atoms with van der Waals surface area (Å²) < 4.78 is 13.6. The molecule has 0 bridgehead atoms. The number of nitrogens with one attached hydrogen (secondary N) is 1. The second kappa shape index (κ2) is 13.2. The molecule has 12 nitrogen and oxygen atoms in total. The lowest BCUT2D eigenvalue weighted by Gasteiger charge is -2.49. The number of thioether (sulfide) groups is 1. The third-order valence-corrected chi connectivity index (χ3v) is 8.22. The SMILES string of the molecule is O=C(OC(c1ccccc1)c1ccccc1)C1=C(CSc2nnnn2CCO)CO[C@@H]2[C@@H](NC(=O)c3ccccc3)C(=O)N12. The second-order valence-corrected chi connectivity index (χ2v) is 10.9. The van der Waals surface area contributed by atoms with Gasteiger partial charge in [0, 0.05) is 11.3 Å². The van der Waals surface area contributed by atoms with E-state index in [0.29, 0.717) is 16.3 Å². The zero-order valence-electron chi connectivity index (χ0n) is 23.4. The molecule has 0 unspecified atom stereocenters. The smallest absolute Gasteiger partial charge is 0.356 e. The minimum absolute atomic E-state index is 0.00644. The number of amides is 2. The van der Waals surface area contributed by atoms with Crippen molar-refractivity contribution in [1.82, 2.24) is 30.4 Å². The molecular formula is C31H28N6O6S. The standard InChI is InChI=1S/C31H28N6O6S/c38-17-16-36-31(33-34-35-36)44-19-23-18-42-29-24(32-27(39)22-14-8-3-9-15-22)28(40)37(29)25(23)30(41)43-26(20-10-4-1-5-11-20)21-12-6-2-7-13-21/h1-15,24,26,29,38H,16-19H2,(H,32,39)/t24-,29+/m0/s1. The number of benzene rings is 3. The van der Waals surface area contributed by atoms with Crippen LogP contribution >= 0.6 is 11.8 Å². The number of tetrazole rings is 1. The summed E-state index contributed by atoms with van der Waals surface area (Å²) in [5, 5.41) is 24.0. The molecule has 0 saturated carbocycles. The number of rotatable bonds is 11. The van der Waals surface area contributed by atoms with Crippen LogP contribution in [0.5, 0.6) is 0 Å². The van der Waals surface area contributed by atoms with Gasteiger partial charge in [-0.1, -0.05) is 90.6 Å². The molecule has 13 heteroatoms. The van der Waals surface area contributed by atoms with Gasteiger partial charge in [0.15, 0.2) is 18.4 Å². The van der Waals surface area contributed by atoms with E-state index in [4.69, 9.17) is 9.47 Å². The number of aromatic nitrogens is 4. The summed E-state index contributed by atoms with van der Waals surface area (Å²) in [4.78, 5) is 41.7. The van der Waals surface area contributed by atoms with Gasteiger partial charge in [-0.3, -0.25) is 14.5 Å². The summed E-state index contributed by atoms with van der Waals surface area (Å²) in [6.45, 7) is 0.0555. The van der Waals surface area contributed by atoms with E-state index in [1.54, 1.807) is 30.3 Å². The van der Waals surface area contributed by atoms with E-state index in [1.165, 1.54) is 21.3 Å². The molecule has 2 aliphatic heterocycles. The first-order valence-corrected chi connectivity index (χ1v) is 14.9. The molecule has 1 aromatic heterocycles. The molecule has 2 N–H and O–H groups in total. The lowest BCUT2D eigenvalue weighted by atomic mass is 9.98. The molecule has 44 heavy (non-hydrogen) atoms. The summed E-state index contributed by atoms with van der Waals surface area (Å²) in [5.74, 6) is -1.42. The number of ether oxygens (including phenoxy) is 2. The number of hydrogen-bond acceptors (Lipinski definition) is 10. The highest BCUT2D eigenvalue weighted by Crippen LogP contribution is 2.37. The van der Waals surface area contributed by atoms with Gasteiger partial charge in [0.2, 0.25) is 5.16 Å². The van der Waals surface area contributed by atoms with Crippen LogP contribution in [-0.4, -0.2) is 79.2 Å². The molecule has 0 spiro atoms. The molecule has 0 aliphatic carbocycles. The van der Waals surface area contributed by atoms with Crippen molar-refractivity contribution in [3.63, 3.8) is 0 Å². The van der Waals surface area contributed by atoms with Crippen LogP contribution in [0.1, 0.15) is 27.6 Å². The fraction of sp³-hybridized carbons (Fsp3) is 0.226. The van der Waals surface area contributed by atoms with Gasteiger partial charge in [-0.05, 0) is 39.3 Å². The summed E-state index contributed by atoms with van der Waals surface area (Å²) in [7, 11) is 0. The average Bonchev–Trinajstić information content (AvgIpc) is 3.52. The second-order valence-electron chi connectivity index (χ2n) is 9.98. The van der Waals surface area contributed by atoms with Crippen LogP contribution < -0.4 is 5.32 Å². The molecule has 6 rings (SSSR count). The highest BCUT2D eigenvalue weighted by atomic mass is 32.2. The average molecular weight is 613 g/mol. The van der Waals surface area contributed by atoms with E-state index in [-0.39, 0.29) is 31.2 Å². The maximum atomic E-state index is 14.1. The van der Waals surface area contributed by atoms with Crippen molar-refractivity contribution in [2.45, 2.75) is 30.1 Å². The van der Waals surface area contributed by atoms with Crippen molar-refractivity contribution in [3.05, 3.63) is 119 Å². The van der Waals surface area contributed by atoms with Crippen molar-refractivity contribution in [1.29, 1.82) is 0 Å². The van der Waals surface area contributed by atoms with Crippen LogP contribution in [0.15, 0.2) is 107 Å². The Morgan fingerprint density at radius 2 is 1.64 bits per heavy atom. The fourth-order valence-corrected chi connectivity index (χ4v) is 5.92. The van der Waals surface area contributed by atoms with Gasteiger partial charge >= 0.3 is 5.97 Å². The summed E-state index contributed by atoms with van der Waals surface area (Å²) in [6.07, 6.45) is -1.63. The molecule has 4 aromatic rings. The first-order chi connectivity index (χ1) is 21.5. The Morgan fingerprint density at radius 1 is 1.00 bits per heavy atom. The van der Waals surface area contributed by atoms with Crippen molar-refractivity contribution in [2.75, 3.05) is 19.0 Å². The topological polar surface area (TPSA) is 149 Å². The monoisotopic (exact) mass is 612 g/mol. The molecule has 0 radical (unpaired) electrons. The number of esters is 1. The molecule has 2 amide bonds.